The lowest BCUT2D eigenvalue weighted by molar-refractivity contribution is -0.146. The maximum absolute atomic E-state index is 10.5. The van der Waals surface area contributed by atoms with Crippen LogP contribution in [0.15, 0.2) is 0 Å². The maximum Gasteiger partial charge on any atom is 0.302 e. The van der Waals surface area contributed by atoms with E-state index in [0.717, 1.165) is 12.8 Å². The minimum absolute atomic E-state index is 0.0717. The summed E-state index contributed by atoms with van der Waals surface area (Å²) in [7, 11) is 0. The van der Waals surface area contributed by atoms with Gasteiger partial charge in [0.05, 0.1) is 6.10 Å². The smallest absolute Gasteiger partial charge is 0.302 e. The first kappa shape index (κ1) is 10.5. The molecule has 0 bridgehead atoms. The number of hydrogen-bond acceptors (Lipinski definition) is 2. The zero-order chi connectivity index (χ0) is 8.85. The second kappa shape index (κ2) is 5.16. The van der Waals surface area contributed by atoms with Gasteiger partial charge in [0.2, 0.25) is 0 Å². The van der Waals surface area contributed by atoms with E-state index in [-0.39, 0.29) is 12.1 Å². The van der Waals surface area contributed by atoms with Crippen molar-refractivity contribution >= 4 is 5.97 Å². The van der Waals surface area contributed by atoms with Crippen molar-refractivity contribution in [3.05, 3.63) is 0 Å². The minimum atomic E-state index is -0.180. The monoisotopic (exact) mass is 158 g/mol. The number of rotatable bonds is 4. The highest BCUT2D eigenvalue weighted by Gasteiger charge is 2.08. The van der Waals surface area contributed by atoms with Gasteiger partial charge in [0.1, 0.15) is 0 Å². The van der Waals surface area contributed by atoms with Gasteiger partial charge in [-0.15, -0.1) is 0 Å². The van der Waals surface area contributed by atoms with E-state index in [2.05, 4.69) is 13.8 Å². The molecule has 0 aromatic heterocycles. The average Bonchev–Trinajstić information content (AvgIpc) is 1.85. The van der Waals surface area contributed by atoms with Gasteiger partial charge in [-0.3, -0.25) is 4.79 Å². The quantitative estimate of drug-likeness (QED) is 0.587. The molecule has 0 saturated heterocycles. The summed E-state index contributed by atoms with van der Waals surface area (Å²) in [6.07, 6.45) is 2.18. The zero-order valence-corrected chi connectivity index (χ0v) is 7.89. The van der Waals surface area contributed by atoms with E-state index in [1.54, 1.807) is 0 Å². The number of esters is 1. The average molecular weight is 158 g/mol. The zero-order valence-electron chi connectivity index (χ0n) is 7.89. The lowest BCUT2D eigenvalue weighted by atomic mass is 10.0. The van der Waals surface area contributed by atoms with Crippen LogP contribution in [0.4, 0.5) is 0 Å². The molecule has 0 rings (SSSR count). The summed E-state index contributed by atoms with van der Waals surface area (Å²) < 4.78 is 4.98. The fourth-order valence-electron chi connectivity index (χ4n) is 1.06. The fourth-order valence-corrected chi connectivity index (χ4v) is 1.06. The molecule has 0 radical (unpaired) electrons. The fraction of sp³-hybridized carbons (Fsp3) is 0.889. The van der Waals surface area contributed by atoms with Crippen molar-refractivity contribution in [1.29, 1.82) is 0 Å². The van der Waals surface area contributed by atoms with E-state index < -0.39 is 0 Å². The van der Waals surface area contributed by atoms with Gasteiger partial charge in [0.25, 0.3) is 0 Å². The lowest BCUT2D eigenvalue weighted by Gasteiger charge is -2.15. The predicted octanol–water partition coefficient (Wildman–Crippen LogP) is 2.37. The first-order valence-electron chi connectivity index (χ1n) is 4.23. The third kappa shape index (κ3) is 5.89. The molecule has 0 saturated carbocycles. The molecule has 2 nitrogen and oxygen atoms in total. The highest BCUT2D eigenvalue weighted by Crippen LogP contribution is 2.11. The van der Waals surface area contributed by atoms with E-state index >= 15 is 0 Å². The second-order valence-corrected chi connectivity index (χ2v) is 3.17. The summed E-state index contributed by atoms with van der Waals surface area (Å²) in [4.78, 5) is 10.5. The van der Waals surface area contributed by atoms with Crippen LogP contribution in [0, 0.1) is 5.92 Å². The molecule has 11 heavy (non-hydrogen) atoms. The number of carbonyl (C=O) groups is 1. The molecule has 0 fully saturated rings. The van der Waals surface area contributed by atoms with Crippen molar-refractivity contribution in [3.63, 3.8) is 0 Å². The molecule has 0 spiro atoms. The van der Waals surface area contributed by atoms with E-state index in [0.29, 0.717) is 5.92 Å². The van der Waals surface area contributed by atoms with Crippen molar-refractivity contribution in [2.45, 2.75) is 46.6 Å². The number of hydrogen-bond donors (Lipinski definition) is 0. The minimum Gasteiger partial charge on any atom is -0.463 e. The Balaban J connectivity index is 3.51. The molecular weight excluding hydrogens is 140 g/mol. The van der Waals surface area contributed by atoms with Gasteiger partial charge < -0.3 is 4.74 Å². The van der Waals surface area contributed by atoms with E-state index in [1.165, 1.54) is 6.92 Å². The molecule has 0 aliphatic heterocycles. The van der Waals surface area contributed by atoms with Crippen LogP contribution in [0.25, 0.3) is 0 Å². The molecule has 0 aliphatic rings. The second-order valence-electron chi connectivity index (χ2n) is 3.17. The van der Waals surface area contributed by atoms with Gasteiger partial charge in [0.15, 0.2) is 0 Å². The van der Waals surface area contributed by atoms with Crippen LogP contribution >= 0.6 is 0 Å². The Labute approximate surface area is 68.9 Å². The third-order valence-corrected chi connectivity index (χ3v) is 1.80. The Bertz CT molecular complexity index is 121. The van der Waals surface area contributed by atoms with Crippen molar-refractivity contribution < 1.29 is 9.53 Å². The van der Waals surface area contributed by atoms with Crippen LogP contribution in [-0.2, 0) is 9.53 Å². The molecular formula is C9H18O2. The Morgan fingerprint density at radius 3 is 2.36 bits per heavy atom. The summed E-state index contributed by atoms with van der Waals surface area (Å²) in [6.45, 7) is 7.70. The van der Waals surface area contributed by atoms with Crippen LogP contribution < -0.4 is 0 Å². The van der Waals surface area contributed by atoms with Crippen LogP contribution in [-0.4, -0.2) is 12.1 Å². The van der Waals surface area contributed by atoms with Crippen molar-refractivity contribution in [2.24, 2.45) is 5.92 Å². The van der Waals surface area contributed by atoms with Crippen molar-refractivity contribution in [1.82, 2.24) is 0 Å². The SMILES string of the molecule is CCC(C)CC(C)OC(C)=O. The van der Waals surface area contributed by atoms with Gasteiger partial charge in [-0.25, -0.2) is 0 Å². The van der Waals surface area contributed by atoms with E-state index in [1.807, 2.05) is 6.92 Å². The molecule has 2 atom stereocenters. The van der Waals surface area contributed by atoms with Gasteiger partial charge >= 0.3 is 5.97 Å². The molecule has 66 valence electrons. The Morgan fingerprint density at radius 2 is 2.00 bits per heavy atom. The summed E-state index contributed by atoms with van der Waals surface area (Å²) in [5.74, 6) is 0.463. The van der Waals surface area contributed by atoms with Crippen LogP contribution in [0.3, 0.4) is 0 Å². The molecule has 2 unspecified atom stereocenters. The van der Waals surface area contributed by atoms with Crippen LogP contribution in [0.2, 0.25) is 0 Å². The van der Waals surface area contributed by atoms with Crippen molar-refractivity contribution in [2.75, 3.05) is 0 Å². The largest absolute Gasteiger partial charge is 0.463 e. The first-order chi connectivity index (χ1) is 5.06. The van der Waals surface area contributed by atoms with Gasteiger partial charge in [0, 0.05) is 6.92 Å². The van der Waals surface area contributed by atoms with Crippen LogP contribution in [0.5, 0.6) is 0 Å². The molecule has 0 heterocycles. The third-order valence-electron chi connectivity index (χ3n) is 1.80. The predicted molar refractivity (Wildman–Crippen MR) is 45.3 cm³/mol. The van der Waals surface area contributed by atoms with E-state index in [4.69, 9.17) is 4.74 Å². The lowest BCUT2D eigenvalue weighted by Crippen LogP contribution is -2.15. The maximum atomic E-state index is 10.5. The summed E-state index contributed by atoms with van der Waals surface area (Å²) in [5.41, 5.74) is 0. The highest BCUT2D eigenvalue weighted by atomic mass is 16.5. The van der Waals surface area contributed by atoms with Gasteiger partial charge in [-0.2, -0.15) is 0 Å². The number of carbonyl (C=O) groups excluding carboxylic acids is 1. The van der Waals surface area contributed by atoms with Crippen molar-refractivity contribution in [3.8, 4) is 0 Å². The normalized spacial score (nSPS) is 15.6. The first-order valence-corrected chi connectivity index (χ1v) is 4.23. The topological polar surface area (TPSA) is 26.3 Å². The highest BCUT2D eigenvalue weighted by molar-refractivity contribution is 5.66. The summed E-state index contributed by atoms with van der Waals surface area (Å²) in [5, 5.41) is 0. The van der Waals surface area contributed by atoms with Gasteiger partial charge in [-0.1, -0.05) is 20.3 Å². The summed E-state index contributed by atoms with van der Waals surface area (Å²) in [6, 6.07) is 0. The molecule has 2 heteroatoms. The Morgan fingerprint density at radius 1 is 1.45 bits per heavy atom. The molecule has 0 aliphatic carbocycles. The standard InChI is InChI=1S/C9H18O2/c1-5-7(2)6-8(3)11-9(4)10/h7-8H,5-6H2,1-4H3. The van der Waals surface area contributed by atoms with Crippen LogP contribution in [0.1, 0.15) is 40.5 Å². The molecule has 0 amide bonds. The number of ether oxygens (including phenoxy) is 1. The molecule has 0 N–H and O–H groups in total. The summed E-state index contributed by atoms with van der Waals surface area (Å²) >= 11 is 0. The molecule has 0 aromatic rings. The Kier molecular flexibility index (Phi) is 4.92. The Hall–Kier alpha value is -0.530. The molecule has 0 aromatic carbocycles. The van der Waals surface area contributed by atoms with E-state index in [9.17, 15) is 4.79 Å². The van der Waals surface area contributed by atoms with Gasteiger partial charge in [-0.05, 0) is 19.3 Å².